The van der Waals surface area contributed by atoms with Crippen LogP contribution in [0, 0.1) is 0 Å². The zero-order valence-electron chi connectivity index (χ0n) is 12.4. The summed E-state index contributed by atoms with van der Waals surface area (Å²) in [6.45, 7) is 2.72. The summed E-state index contributed by atoms with van der Waals surface area (Å²) in [6.07, 6.45) is 3.70. The maximum absolute atomic E-state index is 5.28. The van der Waals surface area contributed by atoms with Gasteiger partial charge in [-0.3, -0.25) is 0 Å². The Bertz CT molecular complexity index is 606. The molecule has 0 amide bonds. The van der Waals surface area contributed by atoms with E-state index < -0.39 is 0 Å². The van der Waals surface area contributed by atoms with Gasteiger partial charge in [0.05, 0.1) is 0 Å². The fraction of sp³-hybridized carbons (Fsp3) is 0.400. The monoisotopic (exact) mass is 316 g/mol. The van der Waals surface area contributed by atoms with Gasteiger partial charge in [0, 0.05) is 19.6 Å². The van der Waals surface area contributed by atoms with E-state index in [0.29, 0.717) is 17.6 Å². The summed E-state index contributed by atoms with van der Waals surface area (Å²) >= 11 is 5.28. The summed E-state index contributed by atoms with van der Waals surface area (Å²) < 4.78 is 0. The molecule has 0 aliphatic carbocycles. The Morgan fingerprint density at radius 3 is 2.73 bits per heavy atom. The van der Waals surface area contributed by atoms with Crippen LogP contribution in [0.25, 0.3) is 0 Å². The van der Waals surface area contributed by atoms with E-state index in [2.05, 4.69) is 42.8 Å². The smallest absolute Gasteiger partial charge is 0.246 e. The molecule has 1 saturated heterocycles. The first-order chi connectivity index (χ1) is 10.8. The van der Waals surface area contributed by atoms with E-state index in [1.165, 1.54) is 24.8 Å². The van der Waals surface area contributed by atoms with Gasteiger partial charge in [0.15, 0.2) is 5.11 Å². The molecule has 1 aliphatic rings. The minimum Gasteiger partial charge on any atom is -0.358 e. The normalized spacial score (nSPS) is 14.6. The highest BCUT2D eigenvalue weighted by molar-refractivity contribution is 7.80. The van der Waals surface area contributed by atoms with Gasteiger partial charge in [-0.05, 0) is 37.0 Å². The first-order valence-corrected chi connectivity index (χ1v) is 7.98. The number of aromatic nitrogens is 3. The van der Waals surface area contributed by atoms with Crippen LogP contribution < -0.4 is 15.5 Å². The number of hydrogen-bond acceptors (Lipinski definition) is 4. The van der Waals surface area contributed by atoms with Crippen LogP contribution in [0.3, 0.4) is 0 Å². The second-order valence-electron chi connectivity index (χ2n) is 5.33. The largest absolute Gasteiger partial charge is 0.358 e. The molecule has 1 fully saturated rings. The van der Waals surface area contributed by atoms with Gasteiger partial charge in [0.25, 0.3) is 0 Å². The van der Waals surface area contributed by atoms with Crippen molar-refractivity contribution in [2.75, 3.05) is 23.3 Å². The molecule has 0 bridgehead atoms. The Labute approximate surface area is 135 Å². The lowest BCUT2D eigenvalue weighted by Crippen LogP contribution is -2.30. The van der Waals surface area contributed by atoms with Crippen molar-refractivity contribution in [3.05, 3.63) is 35.9 Å². The lowest BCUT2D eigenvalue weighted by Gasteiger charge is -2.24. The van der Waals surface area contributed by atoms with Gasteiger partial charge in [0.2, 0.25) is 11.9 Å². The highest BCUT2D eigenvalue weighted by Crippen LogP contribution is 2.16. The van der Waals surface area contributed by atoms with E-state index in [1.807, 2.05) is 18.2 Å². The fourth-order valence-electron chi connectivity index (χ4n) is 2.47. The standard InChI is InChI=1S/C15H20N6S/c22-15(16-11-12-7-3-1-4-8-12)18-13-17-14(20-19-13)21-9-5-2-6-10-21/h1,3-4,7-8H,2,5-6,9-11H2,(H3,16,17,18,19,20,22). The summed E-state index contributed by atoms with van der Waals surface area (Å²) in [5.74, 6) is 1.32. The second kappa shape index (κ2) is 7.22. The summed E-state index contributed by atoms with van der Waals surface area (Å²) in [7, 11) is 0. The van der Waals surface area contributed by atoms with Crippen LogP contribution in [0.4, 0.5) is 11.9 Å². The van der Waals surface area contributed by atoms with Crippen LogP contribution in [0.2, 0.25) is 0 Å². The number of piperidine rings is 1. The molecule has 3 rings (SSSR count). The average molecular weight is 316 g/mol. The molecular formula is C15H20N6S. The molecule has 0 unspecified atom stereocenters. The predicted molar refractivity (Wildman–Crippen MR) is 91.9 cm³/mol. The van der Waals surface area contributed by atoms with Crippen LogP contribution in [0.15, 0.2) is 30.3 Å². The highest BCUT2D eigenvalue weighted by Gasteiger charge is 2.15. The van der Waals surface area contributed by atoms with Crippen LogP contribution in [-0.4, -0.2) is 33.4 Å². The molecular weight excluding hydrogens is 296 g/mol. The summed E-state index contributed by atoms with van der Waals surface area (Å²) in [4.78, 5) is 6.65. The number of nitrogens with one attached hydrogen (secondary N) is 3. The fourth-order valence-corrected chi connectivity index (χ4v) is 2.64. The number of rotatable bonds is 4. The van der Waals surface area contributed by atoms with Crippen molar-refractivity contribution < 1.29 is 0 Å². The number of nitrogens with zero attached hydrogens (tertiary/aromatic N) is 3. The first-order valence-electron chi connectivity index (χ1n) is 7.57. The number of hydrogen-bond donors (Lipinski definition) is 3. The van der Waals surface area contributed by atoms with Crippen molar-refractivity contribution >= 4 is 29.2 Å². The molecule has 2 heterocycles. The topological polar surface area (TPSA) is 68.9 Å². The van der Waals surface area contributed by atoms with Crippen molar-refractivity contribution in [3.8, 4) is 0 Å². The van der Waals surface area contributed by atoms with Crippen LogP contribution in [0.1, 0.15) is 24.8 Å². The van der Waals surface area contributed by atoms with E-state index in [-0.39, 0.29) is 0 Å². The molecule has 3 N–H and O–H groups in total. The zero-order chi connectivity index (χ0) is 15.2. The molecule has 6 nitrogen and oxygen atoms in total. The third kappa shape index (κ3) is 3.94. The van der Waals surface area contributed by atoms with Crippen molar-refractivity contribution in [2.45, 2.75) is 25.8 Å². The quantitative estimate of drug-likeness (QED) is 0.752. The van der Waals surface area contributed by atoms with Gasteiger partial charge in [0.1, 0.15) is 0 Å². The lowest BCUT2D eigenvalue weighted by molar-refractivity contribution is 0.569. The maximum Gasteiger partial charge on any atom is 0.246 e. The summed E-state index contributed by atoms with van der Waals surface area (Å²) in [5.41, 5.74) is 1.18. The number of thiocarbonyl (C=S) groups is 1. The Balaban J connectivity index is 1.50. The Hall–Kier alpha value is -2.15. The molecule has 0 atom stereocenters. The number of benzene rings is 1. The molecule has 0 radical (unpaired) electrons. The van der Waals surface area contributed by atoms with Gasteiger partial charge in [-0.15, -0.1) is 5.10 Å². The van der Waals surface area contributed by atoms with Crippen LogP contribution in [-0.2, 0) is 6.54 Å². The zero-order valence-corrected chi connectivity index (χ0v) is 13.2. The van der Waals surface area contributed by atoms with Crippen molar-refractivity contribution in [3.63, 3.8) is 0 Å². The average Bonchev–Trinajstić information content (AvgIpc) is 3.03. The number of H-pyrrole nitrogens is 1. The molecule has 116 valence electrons. The van der Waals surface area contributed by atoms with E-state index in [4.69, 9.17) is 12.2 Å². The van der Waals surface area contributed by atoms with Gasteiger partial charge in [-0.2, -0.15) is 4.98 Å². The van der Waals surface area contributed by atoms with Gasteiger partial charge < -0.3 is 15.5 Å². The molecule has 2 aromatic rings. The maximum atomic E-state index is 5.28. The van der Waals surface area contributed by atoms with E-state index >= 15 is 0 Å². The van der Waals surface area contributed by atoms with E-state index in [9.17, 15) is 0 Å². The Kier molecular flexibility index (Phi) is 4.85. The number of aromatic amines is 1. The van der Waals surface area contributed by atoms with Crippen LogP contribution in [0.5, 0.6) is 0 Å². The van der Waals surface area contributed by atoms with Gasteiger partial charge in [-0.1, -0.05) is 30.3 Å². The molecule has 22 heavy (non-hydrogen) atoms. The molecule has 1 aromatic carbocycles. The van der Waals surface area contributed by atoms with E-state index in [1.54, 1.807) is 0 Å². The number of anilines is 2. The Morgan fingerprint density at radius 2 is 1.95 bits per heavy atom. The first kappa shape index (κ1) is 14.8. The van der Waals surface area contributed by atoms with Gasteiger partial charge in [-0.25, -0.2) is 5.10 Å². The molecule has 0 saturated carbocycles. The van der Waals surface area contributed by atoms with Crippen molar-refractivity contribution in [1.82, 2.24) is 20.5 Å². The third-order valence-corrected chi connectivity index (χ3v) is 3.89. The van der Waals surface area contributed by atoms with Crippen molar-refractivity contribution in [2.24, 2.45) is 0 Å². The third-order valence-electron chi connectivity index (χ3n) is 3.64. The predicted octanol–water partition coefficient (Wildman–Crippen LogP) is 2.28. The van der Waals surface area contributed by atoms with Gasteiger partial charge >= 0.3 is 0 Å². The summed E-state index contributed by atoms with van der Waals surface area (Å²) in [5, 5.41) is 13.9. The molecule has 1 aromatic heterocycles. The van der Waals surface area contributed by atoms with Crippen molar-refractivity contribution in [1.29, 1.82) is 0 Å². The summed E-state index contributed by atoms with van der Waals surface area (Å²) in [6, 6.07) is 10.1. The Morgan fingerprint density at radius 1 is 1.18 bits per heavy atom. The van der Waals surface area contributed by atoms with E-state index in [0.717, 1.165) is 19.0 Å². The lowest BCUT2D eigenvalue weighted by atomic mass is 10.1. The molecule has 7 heteroatoms. The minimum absolute atomic E-state index is 0.533. The molecule has 1 aliphatic heterocycles. The second-order valence-corrected chi connectivity index (χ2v) is 5.73. The van der Waals surface area contributed by atoms with Crippen LogP contribution >= 0.6 is 12.2 Å². The SMILES string of the molecule is S=C(NCc1ccccc1)Nc1nc(N2CCCCC2)n[nH]1. The highest BCUT2D eigenvalue weighted by atomic mass is 32.1. The minimum atomic E-state index is 0.533. The molecule has 0 spiro atoms.